The van der Waals surface area contributed by atoms with E-state index in [2.05, 4.69) is 0 Å². The van der Waals surface area contributed by atoms with E-state index in [1.807, 2.05) is 31.2 Å². The van der Waals surface area contributed by atoms with Crippen LogP contribution in [0.5, 0.6) is 11.5 Å². The summed E-state index contributed by atoms with van der Waals surface area (Å²) in [6, 6.07) is 15.7. The van der Waals surface area contributed by atoms with Gasteiger partial charge in [-0.2, -0.15) is 0 Å². The molecule has 1 amide bonds. The maximum absolute atomic E-state index is 13.0. The fourth-order valence-corrected chi connectivity index (χ4v) is 5.75. The Hall–Kier alpha value is -3.76. The quantitative estimate of drug-likeness (QED) is 0.333. The minimum atomic E-state index is -1.19. The molecule has 2 aliphatic heterocycles. The number of β-lactam (4-membered cyclic amide) rings is 1. The van der Waals surface area contributed by atoms with Crippen LogP contribution in [0.2, 0.25) is 0 Å². The topological polar surface area (TPSA) is 116 Å². The van der Waals surface area contributed by atoms with Crippen molar-refractivity contribution in [1.29, 1.82) is 0 Å². The lowest BCUT2D eigenvalue weighted by atomic mass is 10.0. The van der Waals surface area contributed by atoms with E-state index < -0.39 is 23.1 Å². The molecule has 2 aliphatic rings. The normalized spacial score (nSPS) is 19.8. The van der Waals surface area contributed by atoms with Gasteiger partial charge in [0, 0.05) is 28.8 Å². The van der Waals surface area contributed by atoms with Crippen LogP contribution in [0, 0.1) is 0 Å². The van der Waals surface area contributed by atoms with E-state index in [0.29, 0.717) is 29.1 Å². The minimum absolute atomic E-state index is 0.0207. The molecule has 0 aliphatic carbocycles. The van der Waals surface area contributed by atoms with Gasteiger partial charge in [0.2, 0.25) is 0 Å². The monoisotopic (exact) mass is 523 g/mol. The molecule has 1 fully saturated rings. The summed E-state index contributed by atoms with van der Waals surface area (Å²) in [7, 11) is 1.61. The van der Waals surface area contributed by atoms with Gasteiger partial charge in [-0.05, 0) is 49.2 Å². The lowest BCUT2D eigenvalue weighted by molar-refractivity contribution is -0.169. The molecule has 37 heavy (non-hydrogen) atoms. The Labute approximate surface area is 216 Å². The third-order valence-electron chi connectivity index (χ3n) is 6.27. The first kappa shape index (κ1) is 24.9. The average molecular weight is 524 g/mol. The standard InChI is InChI=1S/C27H25NO8S/c1-15(11-16-3-7-19(33-2)8-4-16)35-24-25(30)28-23(27(31)32)18(14-37-26(24)28)13-34-20-9-5-17-6-10-22(29)36-21(17)12-20/h3-10,12,15,24,26H,11,13-14H2,1-2H3,(H,31,32)/t15?,24-,26+/m0/s1. The number of rotatable bonds is 9. The number of benzene rings is 2. The summed E-state index contributed by atoms with van der Waals surface area (Å²) in [5.41, 5.74) is 1.37. The number of methoxy groups -OCH3 is 1. The SMILES string of the molecule is COc1ccc(CC(C)O[C@H]2C(=O)N3C(C(=O)O)=C(COc4ccc5ccc(=O)oc5c4)CS[C@H]23)cc1. The summed E-state index contributed by atoms with van der Waals surface area (Å²) < 4.78 is 22.2. The van der Waals surface area contributed by atoms with Crippen LogP contribution in [0.4, 0.5) is 0 Å². The number of nitrogens with zero attached hydrogens (tertiary/aromatic N) is 1. The Balaban J connectivity index is 1.25. The van der Waals surface area contributed by atoms with Gasteiger partial charge in [0.15, 0.2) is 6.10 Å². The van der Waals surface area contributed by atoms with Crippen molar-refractivity contribution in [2.75, 3.05) is 19.5 Å². The third kappa shape index (κ3) is 5.07. The highest BCUT2D eigenvalue weighted by Crippen LogP contribution is 2.42. The number of carboxylic acid groups (broad SMARTS) is 1. The van der Waals surface area contributed by atoms with E-state index in [4.69, 9.17) is 18.6 Å². The Morgan fingerprint density at radius 1 is 1.14 bits per heavy atom. The Morgan fingerprint density at radius 3 is 2.59 bits per heavy atom. The van der Waals surface area contributed by atoms with Crippen molar-refractivity contribution in [3.8, 4) is 11.5 Å². The molecule has 1 unspecified atom stereocenters. The number of carbonyl (C=O) groups is 2. The lowest BCUT2D eigenvalue weighted by Gasteiger charge is -2.49. The summed E-state index contributed by atoms with van der Waals surface area (Å²) in [5, 5.41) is 10.2. The molecule has 0 spiro atoms. The van der Waals surface area contributed by atoms with Gasteiger partial charge in [-0.15, -0.1) is 11.8 Å². The van der Waals surface area contributed by atoms with E-state index in [-0.39, 0.29) is 24.3 Å². The zero-order valence-electron chi connectivity index (χ0n) is 20.2. The number of ether oxygens (including phenoxy) is 3. The van der Waals surface area contributed by atoms with Crippen molar-refractivity contribution in [3.05, 3.63) is 81.9 Å². The van der Waals surface area contributed by atoms with Crippen LogP contribution in [0.15, 0.2) is 75.1 Å². The third-order valence-corrected chi connectivity index (χ3v) is 7.58. The highest BCUT2D eigenvalue weighted by molar-refractivity contribution is 8.00. The van der Waals surface area contributed by atoms with Crippen molar-refractivity contribution in [3.63, 3.8) is 0 Å². The summed E-state index contributed by atoms with van der Waals surface area (Å²) in [5.74, 6) is 0.00828. The van der Waals surface area contributed by atoms with Gasteiger partial charge < -0.3 is 23.7 Å². The molecule has 1 saturated heterocycles. The predicted octanol–water partition coefficient (Wildman–Crippen LogP) is 3.45. The molecule has 2 aromatic carbocycles. The highest BCUT2D eigenvalue weighted by atomic mass is 32.2. The second kappa shape index (κ2) is 10.3. The minimum Gasteiger partial charge on any atom is -0.497 e. The molecule has 1 aromatic heterocycles. The second-order valence-corrected chi connectivity index (χ2v) is 9.93. The first-order chi connectivity index (χ1) is 17.8. The number of aliphatic carboxylic acids is 1. The van der Waals surface area contributed by atoms with E-state index in [1.54, 1.807) is 31.4 Å². The fourth-order valence-electron chi connectivity index (χ4n) is 4.44. The van der Waals surface area contributed by atoms with Gasteiger partial charge in [-0.1, -0.05) is 12.1 Å². The molecule has 3 aromatic rings. The molecular formula is C27H25NO8S. The van der Waals surface area contributed by atoms with Gasteiger partial charge in [-0.3, -0.25) is 9.69 Å². The van der Waals surface area contributed by atoms with Gasteiger partial charge in [-0.25, -0.2) is 9.59 Å². The summed E-state index contributed by atoms with van der Waals surface area (Å²) in [6.45, 7) is 1.87. The zero-order chi connectivity index (χ0) is 26.1. The molecular weight excluding hydrogens is 498 g/mol. The number of carbonyl (C=O) groups excluding carboxylic acids is 1. The zero-order valence-corrected chi connectivity index (χ0v) is 21.0. The Kier molecular flexibility index (Phi) is 6.94. The molecule has 10 heteroatoms. The molecule has 9 nitrogen and oxygen atoms in total. The van der Waals surface area contributed by atoms with E-state index in [9.17, 15) is 19.5 Å². The number of amides is 1. The molecule has 192 valence electrons. The van der Waals surface area contributed by atoms with Gasteiger partial charge >= 0.3 is 11.6 Å². The predicted molar refractivity (Wildman–Crippen MR) is 137 cm³/mol. The van der Waals surface area contributed by atoms with Crippen LogP contribution < -0.4 is 15.1 Å². The van der Waals surface area contributed by atoms with E-state index in [0.717, 1.165) is 16.7 Å². The van der Waals surface area contributed by atoms with Crippen molar-refractivity contribution in [2.24, 2.45) is 0 Å². The van der Waals surface area contributed by atoms with Crippen LogP contribution in [-0.4, -0.2) is 58.9 Å². The van der Waals surface area contributed by atoms with Crippen LogP contribution in [0.3, 0.4) is 0 Å². The fraction of sp³-hybridized carbons (Fsp3) is 0.296. The smallest absolute Gasteiger partial charge is 0.352 e. The molecule has 3 heterocycles. The molecule has 3 atom stereocenters. The van der Waals surface area contributed by atoms with Crippen LogP contribution in [0.25, 0.3) is 11.0 Å². The largest absolute Gasteiger partial charge is 0.497 e. The maximum Gasteiger partial charge on any atom is 0.352 e. The maximum atomic E-state index is 13.0. The van der Waals surface area contributed by atoms with Gasteiger partial charge in [0.05, 0.1) is 13.2 Å². The van der Waals surface area contributed by atoms with Crippen molar-refractivity contribution < 1.29 is 33.3 Å². The molecule has 0 saturated carbocycles. The lowest BCUT2D eigenvalue weighted by Crippen LogP contribution is -2.66. The van der Waals surface area contributed by atoms with Gasteiger partial charge in [0.1, 0.15) is 34.8 Å². The number of carboxylic acids is 1. The molecule has 0 radical (unpaired) electrons. The van der Waals surface area contributed by atoms with E-state index in [1.165, 1.54) is 22.7 Å². The number of fused-ring (bicyclic) bond motifs is 2. The van der Waals surface area contributed by atoms with E-state index >= 15 is 0 Å². The first-order valence-corrected chi connectivity index (χ1v) is 12.7. The number of hydrogen-bond acceptors (Lipinski definition) is 8. The number of hydrogen-bond donors (Lipinski definition) is 1. The highest BCUT2D eigenvalue weighted by Gasteiger charge is 2.54. The van der Waals surface area contributed by atoms with Crippen molar-refractivity contribution in [2.45, 2.75) is 30.9 Å². The van der Waals surface area contributed by atoms with Crippen molar-refractivity contribution in [1.82, 2.24) is 4.90 Å². The Morgan fingerprint density at radius 2 is 1.86 bits per heavy atom. The van der Waals surface area contributed by atoms with Crippen LogP contribution in [0.1, 0.15) is 12.5 Å². The summed E-state index contributed by atoms with van der Waals surface area (Å²) >= 11 is 1.45. The summed E-state index contributed by atoms with van der Waals surface area (Å²) in [6.07, 6.45) is -0.337. The Bertz CT molecular complexity index is 1430. The molecule has 5 rings (SSSR count). The number of thioether (sulfide) groups is 1. The molecule has 1 N–H and O–H groups in total. The second-order valence-electron chi connectivity index (χ2n) is 8.83. The summed E-state index contributed by atoms with van der Waals surface area (Å²) in [4.78, 5) is 37.9. The van der Waals surface area contributed by atoms with Crippen LogP contribution in [-0.2, 0) is 20.7 Å². The van der Waals surface area contributed by atoms with Crippen LogP contribution >= 0.6 is 11.8 Å². The average Bonchev–Trinajstić information content (AvgIpc) is 2.90. The van der Waals surface area contributed by atoms with Gasteiger partial charge in [0.25, 0.3) is 5.91 Å². The van der Waals surface area contributed by atoms with Crippen molar-refractivity contribution >= 4 is 34.6 Å². The first-order valence-electron chi connectivity index (χ1n) is 11.7. The molecule has 0 bridgehead atoms.